The Morgan fingerprint density at radius 1 is 1.14 bits per heavy atom. The molecule has 1 aromatic rings. The Kier molecular flexibility index (Phi) is 9.66. The van der Waals surface area contributed by atoms with Gasteiger partial charge in [0.2, 0.25) is 0 Å². The number of hydrogen-bond donors (Lipinski definition) is 4. The van der Waals surface area contributed by atoms with Crippen molar-refractivity contribution in [3.8, 4) is 18.6 Å². The van der Waals surface area contributed by atoms with Gasteiger partial charge in [0.25, 0.3) is 0 Å². The van der Waals surface area contributed by atoms with Crippen LogP contribution in [0.3, 0.4) is 0 Å². The third kappa shape index (κ3) is 6.79. The van der Waals surface area contributed by atoms with Crippen molar-refractivity contribution in [2.45, 2.75) is 45.0 Å². The summed E-state index contributed by atoms with van der Waals surface area (Å²) in [5, 5.41) is 33.3. The number of aromatic hydroxyl groups is 1. The van der Waals surface area contributed by atoms with Crippen LogP contribution in [-0.4, -0.2) is 51.9 Å². The first-order valence-corrected chi connectivity index (χ1v) is 9.21. The number of ketones is 1. The molecular formula is C22H27NO6. The van der Waals surface area contributed by atoms with E-state index in [2.05, 4.69) is 18.2 Å². The van der Waals surface area contributed by atoms with E-state index < -0.39 is 30.1 Å². The molecule has 7 nitrogen and oxygen atoms in total. The van der Waals surface area contributed by atoms with Crippen LogP contribution in [0.25, 0.3) is 6.08 Å². The molecule has 1 heterocycles. The summed E-state index contributed by atoms with van der Waals surface area (Å²) in [5.41, 5.74) is 1.05. The highest BCUT2D eigenvalue weighted by molar-refractivity contribution is 5.97. The van der Waals surface area contributed by atoms with Gasteiger partial charge in [-0.15, -0.1) is 12.8 Å². The Morgan fingerprint density at radius 2 is 1.79 bits per heavy atom. The summed E-state index contributed by atoms with van der Waals surface area (Å²) in [6, 6.07) is 3.13. The highest BCUT2D eigenvalue weighted by atomic mass is 16.5. The Labute approximate surface area is 170 Å². The summed E-state index contributed by atoms with van der Waals surface area (Å²) < 4.78 is 5.36. The largest absolute Gasteiger partial charge is 0.507 e. The van der Waals surface area contributed by atoms with Crippen molar-refractivity contribution in [1.29, 1.82) is 0 Å². The number of rotatable bonds is 2. The molecule has 1 aliphatic rings. The number of esters is 1. The minimum Gasteiger partial charge on any atom is -0.507 e. The van der Waals surface area contributed by atoms with Crippen molar-refractivity contribution in [2.75, 3.05) is 11.9 Å². The summed E-state index contributed by atoms with van der Waals surface area (Å²) in [5.74, 6) is -1.51. The minimum atomic E-state index is -1.53. The lowest BCUT2D eigenvalue weighted by molar-refractivity contribution is -0.127. The van der Waals surface area contributed by atoms with Crippen molar-refractivity contribution >= 4 is 23.5 Å². The second-order valence-electron chi connectivity index (χ2n) is 6.40. The second-order valence-corrected chi connectivity index (χ2v) is 6.40. The summed E-state index contributed by atoms with van der Waals surface area (Å²) in [7, 11) is 0. The molecule has 4 N–H and O–H groups in total. The van der Waals surface area contributed by atoms with E-state index >= 15 is 0 Å². The maximum atomic E-state index is 12.5. The summed E-state index contributed by atoms with van der Waals surface area (Å²) in [6.07, 6.45) is 10.6. The number of anilines is 1. The number of fused-ring (bicyclic) bond motifs is 1. The third-order valence-corrected chi connectivity index (χ3v) is 4.12. The molecule has 0 saturated carbocycles. The zero-order chi connectivity index (χ0) is 22.0. The first-order chi connectivity index (χ1) is 13.8. The van der Waals surface area contributed by atoms with Gasteiger partial charge in [0.05, 0.1) is 6.10 Å². The number of benzene rings is 1. The zero-order valence-electron chi connectivity index (χ0n) is 16.5. The second kappa shape index (κ2) is 11.7. The maximum absolute atomic E-state index is 12.5. The fourth-order valence-corrected chi connectivity index (χ4v) is 2.73. The first-order valence-electron chi connectivity index (χ1n) is 9.21. The van der Waals surface area contributed by atoms with E-state index in [0.29, 0.717) is 17.8 Å². The van der Waals surface area contributed by atoms with Crippen LogP contribution < -0.4 is 5.32 Å². The number of aliphatic hydroxyl groups is 2. The molecule has 7 heteroatoms. The van der Waals surface area contributed by atoms with Gasteiger partial charge in [-0.05, 0) is 38.0 Å². The average molecular weight is 401 g/mol. The van der Waals surface area contributed by atoms with Gasteiger partial charge in [-0.2, -0.15) is 0 Å². The zero-order valence-corrected chi connectivity index (χ0v) is 16.5. The third-order valence-electron chi connectivity index (χ3n) is 4.12. The quantitative estimate of drug-likeness (QED) is 0.444. The molecule has 156 valence electrons. The van der Waals surface area contributed by atoms with Gasteiger partial charge >= 0.3 is 5.97 Å². The van der Waals surface area contributed by atoms with E-state index in [9.17, 15) is 24.9 Å². The van der Waals surface area contributed by atoms with Crippen LogP contribution in [0.1, 0.15) is 42.6 Å². The van der Waals surface area contributed by atoms with Crippen LogP contribution in [0, 0.1) is 12.8 Å². The Morgan fingerprint density at radius 3 is 2.45 bits per heavy atom. The van der Waals surface area contributed by atoms with Gasteiger partial charge in [-0.3, -0.25) is 4.79 Å². The van der Waals surface area contributed by atoms with E-state index in [1.54, 1.807) is 19.1 Å². The number of terminal acetylenes is 1. The standard InChI is InChI=1S/C20H25NO6.C2H2/c1-3-21-14-10-13-7-5-9-16(23)19(25)15(22)8-4-6-12(2)27-20(26)18(13)17(24)11-14;1-2/h4-5,7-8,10-12,16,19,21,23-25H,3,6,9H2,1-2H3;1-2H/b7-5+,8-4-;/t12-,16-,19+;/m0./s1. The van der Waals surface area contributed by atoms with Crippen molar-refractivity contribution in [3.63, 3.8) is 0 Å². The Hall–Kier alpha value is -3.08. The molecule has 1 aliphatic heterocycles. The SMILES string of the molecule is C#C.CCNc1cc(O)c2c(c1)/C=C/C[C@H](O)[C@H](O)C(=O)/C=C\C[C@H](C)OC2=O. The average Bonchev–Trinajstić information content (AvgIpc) is 2.68. The summed E-state index contributed by atoms with van der Waals surface area (Å²) in [4.78, 5) is 24.4. The molecule has 0 spiro atoms. The molecule has 29 heavy (non-hydrogen) atoms. The highest BCUT2D eigenvalue weighted by Crippen LogP contribution is 2.29. The van der Waals surface area contributed by atoms with Gasteiger partial charge in [-0.25, -0.2) is 4.79 Å². The Bertz CT molecular complexity index is 796. The van der Waals surface area contributed by atoms with Crippen molar-refractivity contribution in [2.24, 2.45) is 0 Å². The van der Waals surface area contributed by atoms with Gasteiger partial charge in [-0.1, -0.05) is 18.2 Å². The molecule has 1 aromatic carbocycles. The number of aliphatic hydroxyl groups excluding tert-OH is 2. The van der Waals surface area contributed by atoms with Crippen molar-refractivity contribution in [1.82, 2.24) is 0 Å². The number of carbonyl (C=O) groups excluding carboxylic acids is 2. The number of nitrogens with one attached hydrogen (secondary N) is 1. The fraction of sp³-hybridized carbons (Fsp3) is 0.364. The fourth-order valence-electron chi connectivity index (χ4n) is 2.73. The molecule has 0 fully saturated rings. The number of cyclic esters (lactones) is 1. The Balaban J connectivity index is 0.00000204. The first kappa shape index (κ1) is 24.0. The molecule has 0 saturated heterocycles. The minimum absolute atomic E-state index is 0.00215. The van der Waals surface area contributed by atoms with E-state index in [1.807, 2.05) is 6.92 Å². The van der Waals surface area contributed by atoms with E-state index in [4.69, 9.17) is 4.74 Å². The smallest absolute Gasteiger partial charge is 0.342 e. The molecule has 0 amide bonds. The molecule has 0 bridgehead atoms. The van der Waals surface area contributed by atoms with Crippen LogP contribution in [0.15, 0.2) is 30.4 Å². The number of carbonyl (C=O) groups is 2. The molecule has 0 unspecified atom stereocenters. The van der Waals surface area contributed by atoms with Gasteiger partial charge in [0.1, 0.15) is 23.5 Å². The number of ether oxygens (including phenoxy) is 1. The molecule has 0 aromatic heterocycles. The summed E-state index contributed by atoms with van der Waals surface area (Å²) >= 11 is 0. The molecule has 2 rings (SSSR count). The lowest BCUT2D eigenvalue weighted by atomic mass is 10.0. The highest BCUT2D eigenvalue weighted by Gasteiger charge is 2.23. The molecular weight excluding hydrogens is 374 g/mol. The van der Waals surface area contributed by atoms with Crippen LogP contribution in [-0.2, 0) is 9.53 Å². The van der Waals surface area contributed by atoms with E-state index in [1.165, 1.54) is 24.3 Å². The van der Waals surface area contributed by atoms with Gasteiger partial charge in [0, 0.05) is 24.7 Å². The monoisotopic (exact) mass is 401 g/mol. The van der Waals surface area contributed by atoms with Crippen LogP contribution in [0.5, 0.6) is 5.75 Å². The van der Waals surface area contributed by atoms with Gasteiger partial charge < -0.3 is 25.4 Å². The molecule has 3 atom stereocenters. The lowest BCUT2D eigenvalue weighted by Gasteiger charge is -2.17. The van der Waals surface area contributed by atoms with E-state index in [0.717, 1.165) is 0 Å². The molecule has 0 aliphatic carbocycles. The van der Waals surface area contributed by atoms with Crippen LogP contribution in [0.4, 0.5) is 5.69 Å². The predicted octanol–water partition coefficient (Wildman–Crippen LogP) is 2.27. The maximum Gasteiger partial charge on any atom is 0.342 e. The van der Waals surface area contributed by atoms with Crippen molar-refractivity contribution < 1.29 is 29.6 Å². The predicted molar refractivity (Wildman–Crippen MR) is 111 cm³/mol. The topological polar surface area (TPSA) is 116 Å². The summed E-state index contributed by atoms with van der Waals surface area (Å²) in [6.45, 7) is 4.18. The molecule has 0 radical (unpaired) electrons. The van der Waals surface area contributed by atoms with E-state index in [-0.39, 0.29) is 24.2 Å². The number of hydrogen-bond acceptors (Lipinski definition) is 7. The van der Waals surface area contributed by atoms with Crippen LogP contribution >= 0.6 is 0 Å². The lowest BCUT2D eigenvalue weighted by Crippen LogP contribution is -2.32. The number of phenols is 1. The number of phenolic OH excluding ortho intramolecular Hbond substituents is 1. The van der Waals surface area contributed by atoms with Crippen molar-refractivity contribution in [3.05, 3.63) is 41.5 Å². The normalized spacial score (nSPS) is 24.7. The van der Waals surface area contributed by atoms with Crippen LogP contribution in [0.2, 0.25) is 0 Å². The van der Waals surface area contributed by atoms with Gasteiger partial charge in [0.15, 0.2) is 5.78 Å².